The fraction of sp³-hybridized carbons (Fsp3) is 0.529. The van der Waals surface area contributed by atoms with Gasteiger partial charge in [-0.05, 0) is 43.5 Å². The summed E-state index contributed by atoms with van der Waals surface area (Å²) in [7, 11) is 0. The van der Waals surface area contributed by atoms with E-state index in [0.29, 0.717) is 23.7 Å². The van der Waals surface area contributed by atoms with E-state index in [4.69, 9.17) is 16.3 Å². The van der Waals surface area contributed by atoms with E-state index < -0.39 is 6.10 Å². The zero-order chi connectivity index (χ0) is 17.5. The first-order chi connectivity index (χ1) is 11.5. The lowest BCUT2D eigenvalue weighted by atomic mass is 10.1. The van der Waals surface area contributed by atoms with Crippen molar-refractivity contribution < 1.29 is 19.4 Å². The predicted octanol–water partition coefficient (Wildman–Crippen LogP) is 1.52. The minimum atomic E-state index is -0.831. The summed E-state index contributed by atoms with van der Waals surface area (Å²) in [5, 5.41) is 13.2. The van der Waals surface area contributed by atoms with Gasteiger partial charge in [0.1, 0.15) is 18.5 Å². The Morgan fingerprint density at radius 3 is 2.96 bits per heavy atom. The molecule has 6 nitrogen and oxygen atoms in total. The van der Waals surface area contributed by atoms with Crippen LogP contribution in [-0.4, -0.2) is 54.2 Å². The highest BCUT2D eigenvalue weighted by atomic mass is 35.5. The third kappa shape index (κ3) is 5.69. The van der Waals surface area contributed by atoms with Gasteiger partial charge in [0.25, 0.3) is 0 Å². The van der Waals surface area contributed by atoms with Crippen LogP contribution in [0.5, 0.6) is 5.75 Å². The molecular formula is C17H23ClN2O4. The fourth-order valence-corrected chi connectivity index (χ4v) is 2.57. The van der Waals surface area contributed by atoms with Gasteiger partial charge in [-0.1, -0.05) is 11.6 Å². The molecule has 1 heterocycles. The molecule has 0 unspecified atom stereocenters. The Morgan fingerprint density at radius 1 is 1.46 bits per heavy atom. The number of ether oxygens (including phenoxy) is 1. The Bertz CT molecular complexity index is 594. The van der Waals surface area contributed by atoms with Crippen molar-refractivity contribution in [3.63, 3.8) is 0 Å². The van der Waals surface area contributed by atoms with Gasteiger partial charge in [-0.3, -0.25) is 9.59 Å². The second-order valence-electron chi connectivity index (χ2n) is 5.95. The van der Waals surface area contributed by atoms with Crippen LogP contribution in [-0.2, 0) is 9.59 Å². The Morgan fingerprint density at radius 2 is 2.25 bits per heavy atom. The standard InChI is InChI=1S/C17H23ClN2O4/c1-12-8-14(5-6-15(12)18)24-11-13(21)9-19-16(22)10-20-7-3-2-4-17(20)23/h5-6,8,13,21H,2-4,7,9-11H2,1H3,(H,19,22)/t13-/m0/s1. The van der Waals surface area contributed by atoms with Gasteiger partial charge in [0.15, 0.2) is 0 Å². The van der Waals surface area contributed by atoms with Gasteiger partial charge in [-0.15, -0.1) is 0 Å². The molecule has 1 saturated heterocycles. The quantitative estimate of drug-likeness (QED) is 0.778. The van der Waals surface area contributed by atoms with E-state index in [2.05, 4.69) is 5.32 Å². The smallest absolute Gasteiger partial charge is 0.239 e. The van der Waals surface area contributed by atoms with Crippen molar-refractivity contribution in [1.29, 1.82) is 0 Å². The highest BCUT2D eigenvalue weighted by Gasteiger charge is 2.20. The summed E-state index contributed by atoms with van der Waals surface area (Å²) in [6.07, 6.45) is 1.49. The molecular weight excluding hydrogens is 332 g/mol. The summed E-state index contributed by atoms with van der Waals surface area (Å²) in [5.41, 5.74) is 0.892. The maximum Gasteiger partial charge on any atom is 0.239 e. The van der Waals surface area contributed by atoms with Crippen LogP contribution < -0.4 is 10.1 Å². The van der Waals surface area contributed by atoms with Gasteiger partial charge in [0.2, 0.25) is 11.8 Å². The largest absolute Gasteiger partial charge is 0.491 e. The van der Waals surface area contributed by atoms with Crippen LogP contribution in [0.15, 0.2) is 18.2 Å². The number of piperidine rings is 1. The van der Waals surface area contributed by atoms with Crippen molar-refractivity contribution in [2.45, 2.75) is 32.3 Å². The number of benzene rings is 1. The Labute approximate surface area is 146 Å². The number of aryl methyl sites for hydroxylation is 1. The lowest BCUT2D eigenvalue weighted by Gasteiger charge is -2.26. The minimum absolute atomic E-state index is 0.0124. The number of hydrogen-bond donors (Lipinski definition) is 2. The third-order valence-corrected chi connectivity index (χ3v) is 4.29. The van der Waals surface area contributed by atoms with Gasteiger partial charge >= 0.3 is 0 Å². The molecule has 0 aliphatic carbocycles. The van der Waals surface area contributed by atoms with E-state index in [1.165, 1.54) is 0 Å². The zero-order valence-corrected chi connectivity index (χ0v) is 14.5. The topological polar surface area (TPSA) is 78.9 Å². The van der Waals surface area contributed by atoms with E-state index in [1.54, 1.807) is 23.1 Å². The summed E-state index contributed by atoms with van der Waals surface area (Å²) < 4.78 is 5.48. The van der Waals surface area contributed by atoms with Gasteiger partial charge < -0.3 is 20.1 Å². The number of aliphatic hydroxyl groups excluding tert-OH is 1. The van der Waals surface area contributed by atoms with Crippen LogP contribution in [0, 0.1) is 6.92 Å². The Balaban J connectivity index is 1.68. The molecule has 0 spiro atoms. The number of hydrogen-bond acceptors (Lipinski definition) is 4. The van der Waals surface area contributed by atoms with Crippen molar-refractivity contribution in [3.8, 4) is 5.75 Å². The van der Waals surface area contributed by atoms with Crippen LogP contribution in [0.3, 0.4) is 0 Å². The molecule has 132 valence electrons. The molecule has 1 atom stereocenters. The molecule has 2 N–H and O–H groups in total. The van der Waals surface area contributed by atoms with Crippen molar-refractivity contribution in [1.82, 2.24) is 10.2 Å². The fourth-order valence-electron chi connectivity index (χ4n) is 2.45. The summed E-state index contributed by atoms with van der Waals surface area (Å²) in [6.45, 7) is 2.67. The molecule has 1 fully saturated rings. The average Bonchev–Trinajstić information content (AvgIpc) is 2.56. The number of carbonyl (C=O) groups is 2. The van der Waals surface area contributed by atoms with E-state index in [-0.39, 0.29) is 31.5 Å². The number of likely N-dealkylation sites (tertiary alicyclic amines) is 1. The monoisotopic (exact) mass is 354 g/mol. The van der Waals surface area contributed by atoms with Crippen molar-refractivity contribution in [3.05, 3.63) is 28.8 Å². The molecule has 0 bridgehead atoms. The number of aliphatic hydroxyl groups is 1. The molecule has 1 aliphatic heterocycles. The second-order valence-corrected chi connectivity index (χ2v) is 6.36. The molecule has 2 amide bonds. The van der Waals surface area contributed by atoms with E-state index >= 15 is 0 Å². The number of amides is 2. The van der Waals surface area contributed by atoms with Crippen LogP contribution in [0.25, 0.3) is 0 Å². The first-order valence-corrected chi connectivity index (χ1v) is 8.45. The SMILES string of the molecule is Cc1cc(OC[C@@H](O)CNC(=O)CN2CCCCC2=O)ccc1Cl. The van der Waals surface area contributed by atoms with Crippen LogP contribution >= 0.6 is 11.6 Å². The molecule has 1 aromatic carbocycles. The van der Waals surface area contributed by atoms with Crippen LogP contribution in [0.4, 0.5) is 0 Å². The molecule has 2 rings (SSSR count). The average molecular weight is 355 g/mol. The zero-order valence-electron chi connectivity index (χ0n) is 13.8. The van der Waals surface area contributed by atoms with Gasteiger partial charge in [-0.25, -0.2) is 0 Å². The van der Waals surface area contributed by atoms with Gasteiger partial charge in [-0.2, -0.15) is 0 Å². The second kappa shape index (κ2) is 8.89. The molecule has 0 saturated carbocycles. The first-order valence-electron chi connectivity index (χ1n) is 8.07. The number of carbonyl (C=O) groups excluding carboxylic acids is 2. The lowest BCUT2D eigenvalue weighted by Crippen LogP contribution is -2.45. The number of rotatable bonds is 7. The molecule has 0 radical (unpaired) electrons. The maximum atomic E-state index is 11.8. The van der Waals surface area contributed by atoms with Crippen molar-refractivity contribution in [2.24, 2.45) is 0 Å². The maximum absolute atomic E-state index is 11.8. The van der Waals surface area contributed by atoms with Gasteiger partial charge in [0.05, 0.1) is 6.54 Å². The van der Waals surface area contributed by atoms with Crippen molar-refractivity contribution in [2.75, 3.05) is 26.2 Å². The Kier molecular flexibility index (Phi) is 6.87. The third-order valence-electron chi connectivity index (χ3n) is 3.86. The first kappa shape index (κ1) is 18.5. The highest BCUT2D eigenvalue weighted by Crippen LogP contribution is 2.21. The number of halogens is 1. The molecule has 1 aromatic rings. The lowest BCUT2D eigenvalue weighted by molar-refractivity contribution is -0.137. The van der Waals surface area contributed by atoms with Gasteiger partial charge in [0, 0.05) is 24.5 Å². The van der Waals surface area contributed by atoms with Crippen molar-refractivity contribution >= 4 is 23.4 Å². The molecule has 1 aliphatic rings. The summed E-state index contributed by atoms with van der Waals surface area (Å²) >= 11 is 5.94. The minimum Gasteiger partial charge on any atom is -0.491 e. The molecule has 7 heteroatoms. The molecule has 24 heavy (non-hydrogen) atoms. The summed E-state index contributed by atoms with van der Waals surface area (Å²) in [4.78, 5) is 25.0. The Hall–Kier alpha value is -1.79. The summed E-state index contributed by atoms with van der Waals surface area (Å²) in [6, 6.07) is 5.24. The summed E-state index contributed by atoms with van der Waals surface area (Å²) in [5.74, 6) is 0.353. The van der Waals surface area contributed by atoms with E-state index in [0.717, 1.165) is 18.4 Å². The van der Waals surface area contributed by atoms with E-state index in [9.17, 15) is 14.7 Å². The van der Waals surface area contributed by atoms with Crippen LogP contribution in [0.1, 0.15) is 24.8 Å². The predicted molar refractivity (Wildman–Crippen MR) is 91.1 cm³/mol. The number of nitrogens with one attached hydrogen (secondary N) is 1. The number of nitrogens with zero attached hydrogens (tertiary/aromatic N) is 1. The molecule has 0 aromatic heterocycles. The van der Waals surface area contributed by atoms with E-state index in [1.807, 2.05) is 6.92 Å². The van der Waals surface area contributed by atoms with Crippen LogP contribution in [0.2, 0.25) is 5.02 Å². The normalized spacial score (nSPS) is 16.0. The highest BCUT2D eigenvalue weighted by molar-refractivity contribution is 6.31.